The van der Waals surface area contributed by atoms with Crippen molar-refractivity contribution < 1.29 is 4.79 Å². The van der Waals surface area contributed by atoms with Crippen molar-refractivity contribution in [3.63, 3.8) is 0 Å². The number of amides is 1. The van der Waals surface area contributed by atoms with Crippen molar-refractivity contribution in [2.75, 3.05) is 25.0 Å². The number of hydrogen-bond donors (Lipinski definition) is 2. The van der Waals surface area contributed by atoms with Crippen molar-refractivity contribution in [2.45, 2.75) is 26.2 Å². The number of anilines is 2. The number of aromatic nitrogens is 3. The zero-order valence-electron chi connectivity index (χ0n) is 14.0. The van der Waals surface area contributed by atoms with E-state index in [9.17, 15) is 4.79 Å². The molecular formula is C17H22N6O. The number of aryl methyl sites for hydroxylation is 2. The molecule has 7 heteroatoms. The molecule has 0 unspecified atom stereocenters. The molecule has 2 aromatic rings. The van der Waals surface area contributed by atoms with Crippen LogP contribution in [0, 0.1) is 13.8 Å². The number of carbonyl (C=O) groups excluding carboxylic acids is 1. The number of hydrogen-bond acceptors (Lipinski definition) is 6. The molecule has 1 atom stereocenters. The normalized spacial score (nSPS) is 17.1. The highest BCUT2D eigenvalue weighted by Gasteiger charge is 2.28. The maximum atomic E-state index is 11.7. The second-order valence-electron chi connectivity index (χ2n) is 6.07. The predicted octanol–water partition coefficient (Wildman–Crippen LogP) is 1.51. The number of rotatable bonds is 4. The number of pyridine rings is 1. The largest absolute Gasteiger partial charge is 0.341 e. The van der Waals surface area contributed by atoms with Crippen LogP contribution in [0.5, 0.6) is 0 Å². The monoisotopic (exact) mass is 326 g/mol. The van der Waals surface area contributed by atoms with E-state index in [1.807, 2.05) is 38.1 Å². The summed E-state index contributed by atoms with van der Waals surface area (Å²) in [6, 6.07) is 7.70. The molecule has 0 aromatic carbocycles. The molecule has 3 N–H and O–H groups in total. The van der Waals surface area contributed by atoms with Crippen LogP contribution in [0.1, 0.15) is 29.6 Å². The number of likely N-dealkylation sites (tertiary alicyclic amines) is 1. The summed E-state index contributed by atoms with van der Waals surface area (Å²) in [4.78, 5) is 27.1. The van der Waals surface area contributed by atoms with Gasteiger partial charge in [-0.2, -0.15) is 0 Å². The quantitative estimate of drug-likeness (QED) is 0.884. The third-order valence-corrected chi connectivity index (χ3v) is 4.10. The number of nitrogens with two attached hydrogens (primary N) is 1. The third-order valence-electron chi connectivity index (χ3n) is 4.10. The van der Waals surface area contributed by atoms with E-state index in [-0.39, 0.29) is 18.4 Å². The Balaban J connectivity index is 1.78. The summed E-state index contributed by atoms with van der Waals surface area (Å²) in [6.45, 7) is 5.27. The number of nitrogens with zero attached hydrogens (tertiary/aromatic N) is 4. The van der Waals surface area contributed by atoms with Crippen LogP contribution in [-0.4, -0.2) is 45.4 Å². The van der Waals surface area contributed by atoms with Gasteiger partial charge in [-0.05, 0) is 32.4 Å². The Morgan fingerprint density at radius 2 is 2.08 bits per heavy atom. The van der Waals surface area contributed by atoms with Gasteiger partial charge in [-0.25, -0.2) is 15.0 Å². The van der Waals surface area contributed by atoms with Gasteiger partial charge in [0.2, 0.25) is 5.91 Å². The lowest BCUT2D eigenvalue weighted by atomic mass is 10.1. The van der Waals surface area contributed by atoms with E-state index in [2.05, 4.69) is 20.3 Å². The molecule has 0 spiro atoms. The van der Waals surface area contributed by atoms with Crippen molar-refractivity contribution in [3.05, 3.63) is 41.5 Å². The summed E-state index contributed by atoms with van der Waals surface area (Å²) in [5, 5.41) is 3.23. The molecule has 1 aliphatic rings. The summed E-state index contributed by atoms with van der Waals surface area (Å²) < 4.78 is 0. The van der Waals surface area contributed by atoms with Gasteiger partial charge in [-0.1, -0.05) is 6.07 Å². The van der Waals surface area contributed by atoms with Crippen LogP contribution < -0.4 is 11.1 Å². The predicted molar refractivity (Wildman–Crippen MR) is 92.0 cm³/mol. The van der Waals surface area contributed by atoms with Gasteiger partial charge in [0.05, 0.1) is 6.54 Å². The Hall–Kier alpha value is -2.54. The van der Waals surface area contributed by atoms with Crippen LogP contribution in [0.3, 0.4) is 0 Å². The van der Waals surface area contributed by atoms with E-state index in [0.717, 1.165) is 35.3 Å². The minimum absolute atomic E-state index is 0.0209. The van der Waals surface area contributed by atoms with E-state index < -0.39 is 0 Å². The highest BCUT2D eigenvalue weighted by Crippen LogP contribution is 2.26. The molecule has 1 aliphatic heterocycles. The highest BCUT2D eigenvalue weighted by molar-refractivity contribution is 5.78. The molecule has 0 saturated carbocycles. The zero-order chi connectivity index (χ0) is 17.1. The molecular weight excluding hydrogens is 304 g/mol. The first kappa shape index (κ1) is 16.3. The zero-order valence-corrected chi connectivity index (χ0v) is 14.0. The van der Waals surface area contributed by atoms with Gasteiger partial charge in [-0.3, -0.25) is 4.79 Å². The summed E-state index contributed by atoms with van der Waals surface area (Å²) >= 11 is 0. The molecule has 1 saturated heterocycles. The van der Waals surface area contributed by atoms with Crippen molar-refractivity contribution in [1.82, 2.24) is 19.9 Å². The topological polar surface area (TPSA) is 97.0 Å². The van der Waals surface area contributed by atoms with Crippen LogP contribution in [0.15, 0.2) is 24.3 Å². The molecule has 0 radical (unpaired) electrons. The van der Waals surface area contributed by atoms with Crippen LogP contribution in [-0.2, 0) is 4.79 Å². The first-order chi connectivity index (χ1) is 11.5. The van der Waals surface area contributed by atoms with Gasteiger partial charge in [0.15, 0.2) is 0 Å². The molecule has 0 aliphatic carbocycles. The standard InChI is InChI=1S/C17H22N6O/c1-11-4-3-5-14(19-11)21-15-8-12(2)20-17(22-15)13-6-7-23(10-13)16(24)9-18/h3-5,8,13H,6-7,9-10,18H2,1-2H3,(H,19,20,21,22)/t13-/m1/s1. The summed E-state index contributed by atoms with van der Waals surface area (Å²) in [5.74, 6) is 2.36. The summed E-state index contributed by atoms with van der Waals surface area (Å²) in [6.07, 6.45) is 0.858. The van der Waals surface area contributed by atoms with Crippen molar-refractivity contribution >= 4 is 17.5 Å². The fourth-order valence-electron chi connectivity index (χ4n) is 2.91. The van der Waals surface area contributed by atoms with Gasteiger partial charge < -0.3 is 16.0 Å². The smallest absolute Gasteiger partial charge is 0.236 e. The average Bonchev–Trinajstić information content (AvgIpc) is 3.03. The Morgan fingerprint density at radius 3 is 2.83 bits per heavy atom. The SMILES string of the molecule is Cc1cccc(Nc2cc(C)nc([C@@H]3CCN(C(=O)CN)C3)n2)n1. The van der Waals surface area contributed by atoms with Gasteiger partial charge in [0.1, 0.15) is 17.5 Å². The minimum Gasteiger partial charge on any atom is -0.341 e. The van der Waals surface area contributed by atoms with E-state index in [1.165, 1.54) is 0 Å². The van der Waals surface area contributed by atoms with Crippen molar-refractivity contribution in [2.24, 2.45) is 5.73 Å². The summed E-state index contributed by atoms with van der Waals surface area (Å²) in [7, 11) is 0. The highest BCUT2D eigenvalue weighted by atomic mass is 16.2. The first-order valence-corrected chi connectivity index (χ1v) is 8.09. The molecule has 0 bridgehead atoms. The lowest BCUT2D eigenvalue weighted by Crippen LogP contribution is -2.34. The van der Waals surface area contributed by atoms with Crippen molar-refractivity contribution in [3.8, 4) is 0 Å². The van der Waals surface area contributed by atoms with Crippen LogP contribution in [0.25, 0.3) is 0 Å². The third kappa shape index (κ3) is 3.68. The minimum atomic E-state index is -0.0209. The fourth-order valence-corrected chi connectivity index (χ4v) is 2.91. The molecule has 24 heavy (non-hydrogen) atoms. The van der Waals surface area contributed by atoms with E-state index in [4.69, 9.17) is 5.73 Å². The molecule has 1 fully saturated rings. The van der Waals surface area contributed by atoms with Gasteiger partial charge in [0.25, 0.3) is 0 Å². The van der Waals surface area contributed by atoms with Crippen LogP contribution >= 0.6 is 0 Å². The molecule has 2 aromatic heterocycles. The van der Waals surface area contributed by atoms with Gasteiger partial charge in [0, 0.05) is 36.5 Å². The lowest BCUT2D eigenvalue weighted by Gasteiger charge is -2.15. The maximum Gasteiger partial charge on any atom is 0.236 e. The molecule has 3 rings (SSSR count). The Kier molecular flexibility index (Phi) is 4.71. The van der Waals surface area contributed by atoms with Crippen LogP contribution in [0.2, 0.25) is 0 Å². The lowest BCUT2D eigenvalue weighted by molar-refractivity contribution is -0.128. The Labute approximate surface area is 141 Å². The fraction of sp³-hybridized carbons (Fsp3) is 0.412. The second kappa shape index (κ2) is 6.92. The molecule has 1 amide bonds. The first-order valence-electron chi connectivity index (χ1n) is 8.09. The Bertz CT molecular complexity index is 748. The molecule has 126 valence electrons. The van der Waals surface area contributed by atoms with Crippen molar-refractivity contribution in [1.29, 1.82) is 0 Å². The van der Waals surface area contributed by atoms with E-state index >= 15 is 0 Å². The Morgan fingerprint density at radius 1 is 1.25 bits per heavy atom. The summed E-state index contributed by atoms with van der Waals surface area (Å²) in [5.41, 5.74) is 7.27. The average molecular weight is 326 g/mol. The van der Waals surface area contributed by atoms with Gasteiger partial charge >= 0.3 is 0 Å². The van der Waals surface area contributed by atoms with Crippen LogP contribution in [0.4, 0.5) is 11.6 Å². The number of carbonyl (C=O) groups is 1. The molecule has 7 nitrogen and oxygen atoms in total. The van der Waals surface area contributed by atoms with Gasteiger partial charge in [-0.15, -0.1) is 0 Å². The van der Waals surface area contributed by atoms with E-state index in [0.29, 0.717) is 13.1 Å². The number of nitrogens with one attached hydrogen (secondary N) is 1. The maximum absolute atomic E-state index is 11.7. The second-order valence-corrected chi connectivity index (χ2v) is 6.07. The molecule has 3 heterocycles. The van der Waals surface area contributed by atoms with E-state index in [1.54, 1.807) is 4.90 Å².